The molecule has 1 aromatic carbocycles. The van der Waals surface area contributed by atoms with Gasteiger partial charge in [0.15, 0.2) is 0 Å². The van der Waals surface area contributed by atoms with E-state index in [1.807, 2.05) is 30.3 Å². The van der Waals surface area contributed by atoms with Crippen LogP contribution in [0.2, 0.25) is 0 Å². The maximum absolute atomic E-state index is 10.6. The lowest BCUT2D eigenvalue weighted by Crippen LogP contribution is -2.04. The van der Waals surface area contributed by atoms with Crippen molar-refractivity contribution in [1.29, 1.82) is 0 Å². The molecule has 0 fully saturated rings. The quantitative estimate of drug-likeness (QED) is 0.708. The summed E-state index contributed by atoms with van der Waals surface area (Å²) < 4.78 is 1.63. The predicted octanol–water partition coefficient (Wildman–Crippen LogP) is 4.24. The van der Waals surface area contributed by atoms with Gasteiger partial charge >= 0.3 is 0 Å². The second-order valence-corrected chi connectivity index (χ2v) is 6.14. The number of nitrogens with zero attached hydrogens (tertiary/aromatic N) is 2. The third kappa shape index (κ3) is 2.49. The molecule has 0 radical (unpaired) electrons. The fraction of sp³-hybridized carbons (Fsp3) is 0.0667. The molecule has 3 nitrogen and oxygen atoms in total. The Morgan fingerprint density at radius 1 is 1.10 bits per heavy atom. The van der Waals surface area contributed by atoms with Crippen LogP contribution in [-0.4, -0.2) is 15.1 Å². The molecule has 1 N–H and O–H groups in total. The molecule has 0 aliphatic rings. The summed E-state index contributed by atoms with van der Waals surface area (Å²) in [5.41, 5.74) is 1.41. The summed E-state index contributed by atoms with van der Waals surface area (Å²) in [4.78, 5) is 8.40. The Morgan fingerprint density at radius 3 is 2.75 bits per heavy atom. The monoisotopic (exact) mass is 392 g/mol. The first-order chi connectivity index (χ1) is 9.66. The van der Waals surface area contributed by atoms with Crippen LogP contribution in [0.15, 0.2) is 57.9 Å². The van der Waals surface area contributed by atoms with Gasteiger partial charge in [0.05, 0.1) is 5.69 Å². The minimum atomic E-state index is -0.788. The SMILES string of the molecule is OC(c1ncc(Br)cc1Br)c1cccc2cnccc12. The zero-order chi connectivity index (χ0) is 14.1. The number of aliphatic hydroxyl groups is 1. The molecule has 0 spiro atoms. The van der Waals surface area contributed by atoms with Crippen LogP contribution < -0.4 is 0 Å². The molecular weight excluding hydrogens is 384 g/mol. The van der Waals surface area contributed by atoms with Gasteiger partial charge in [-0.05, 0) is 54.9 Å². The van der Waals surface area contributed by atoms with E-state index in [1.165, 1.54) is 0 Å². The van der Waals surface area contributed by atoms with E-state index in [4.69, 9.17) is 0 Å². The predicted molar refractivity (Wildman–Crippen MR) is 85.4 cm³/mol. The molecule has 3 rings (SSSR count). The van der Waals surface area contributed by atoms with Gasteiger partial charge in [0.1, 0.15) is 6.10 Å². The van der Waals surface area contributed by atoms with Gasteiger partial charge in [-0.25, -0.2) is 0 Å². The Morgan fingerprint density at radius 2 is 1.95 bits per heavy atom. The van der Waals surface area contributed by atoms with Crippen molar-refractivity contribution < 1.29 is 5.11 Å². The van der Waals surface area contributed by atoms with Crippen LogP contribution in [0.4, 0.5) is 0 Å². The Labute approximate surface area is 133 Å². The molecule has 0 amide bonds. The molecule has 0 aliphatic heterocycles. The van der Waals surface area contributed by atoms with E-state index in [9.17, 15) is 5.11 Å². The highest BCUT2D eigenvalue weighted by atomic mass is 79.9. The Kier molecular flexibility index (Phi) is 3.83. The second kappa shape index (κ2) is 5.60. The number of benzene rings is 1. The van der Waals surface area contributed by atoms with E-state index >= 15 is 0 Å². The Bertz CT molecular complexity index is 771. The molecule has 2 aromatic heterocycles. The largest absolute Gasteiger partial charge is 0.382 e. The summed E-state index contributed by atoms with van der Waals surface area (Å²) in [6.45, 7) is 0. The first-order valence-corrected chi connectivity index (χ1v) is 7.57. The van der Waals surface area contributed by atoms with Crippen LogP contribution in [0.5, 0.6) is 0 Å². The molecule has 0 bridgehead atoms. The molecule has 0 saturated heterocycles. The molecule has 20 heavy (non-hydrogen) atoms. The van der Waals surface area contributed by atoms with Crippen molar-refractivity contribution >= 4 is 42.6 Å². The lowest BCUT2D eigenvalue weighted by atomic mass is 10.00. The zero-order valence-electron chi connectivity index (χ0n) is 10.3. The van der Waals surface area contributed by atoms with Crippen LogP contribution in [0, 0.1) is 0 Å². The van der Waals surface area contributed by atoms with Crippen LogP contribution in [0.25, 0.3) is 10.8 Å². The normalized spacial score (nSPS) is 12.6. The van der Waals surface area contributed by atoms with Gasteiger partial charge in [-0.2, -0.15) is 0 Å². The van der Waals surface area contributed by atoms with Crippen molar-refractivity contribution in [3.8, 4) is 0 Å². The summed E-state index contributed by atoms with van der Waals surface area (Å²) in [6.07, 6.45) is 4.40. The number of hydrogen-bond donors (Lipinski definition) is 1. The number of halogens is 2. The first kappa shape index (κ1) is 13.7. The van der Waals surface area contributed by atoms with Crippen molar-refractivity contribution in [2.45, 2.75) is 6.10 Å². The minimum absolute atomic E-state index is 0.595. The van der Waals surface area contributed by atoms with E-state index in [-0.39, 0.29) is 0 Å². The van der Waals surface area contributed by atoms with E-state index in [0.29, 0.717) is 5.69 Å². The molecule has 0 aliphatic carbocycles. The topological polar surface area (TPSA) is 46.0 Å². The van der Waals surface area contributed by atoms with Gasteiger partial charge in [-0.3, -0.25) is 9.97 Å². The van der Waals surface area contributed by atoms with E-state index in [2.05, 4.69) is 41.8 Å². The van der Waals surface area contributed by atoms with Crippen LogP contribution >= 0.6 is 31.9 Å². The summed E-state index contributed by atoms with van der Waals surface area (Å²) in [6, 6.07) is 9.57. The van der Waals surface area contributed by atoms with Gasteiger partial charge in [-0.1, -0.05) is 18.2 Å². The first-order valence-electron chi connectivity index (χ1n) is 5.98. The number of pyridine rings is 2. The summed E-state index contributed by atoms with van der Waals surface area (Å²) >= 11 is 6.80. The molecule has 3 aromatic rings. The maximum atomic E-state index is 10.6. The van der Waals surface area contributed by atoms with E-state index in [0.717, 1.165) is 25.3 Å². The average molecular weight is 394 g/mol. The van der Waals surface area contributed by atoms with Gasteiger partial charge in [-0.15, -0.1) is 0 Å². The molecular formula is C15H10Br2N2O. The molecule has 0 saturated carbocycles. The minimum Gasteiger partial charge on any atom is -0.382 e. The zero-order valence-corrected chi connectivity index (χ0v) is 13.5. The third-order valence-electron chi connectivity index (χ3n) is 3.10. The van der Waals surface area contributed by atoms with Crippen molar-refractivity contribution in [3.05, 3.63) is 69.1 Å². The Balaban J connectivity index is 2.15. The van der Waals surface area contributed by atoms with Gasteiger partial charge in [0.2, 0.25) is 0 Å². The third-order valence-corrected chi connectivity index (χ3v) is 4.17. The van der Waals surface area contributed by atoms with Crippen LogP contribution in [-0.2, 0) is 0 Å². The van der Waals surface area contributed by atoms with Crippen molar-refractivity contribution in [2.75, 3.05) is 0 Å². The maximum Gasteiger partial charge on any atom is 0.123 e. The highest BCUT2D eigenvalue weighted by Gasteiger charge is 2.17. The number of hydrogen-bond acceptors (Lipinski definition) is 3. The van der Waals surface area contributed by atoms with Crippen molar-refractivity contribution in [2.24, 2.45) is 0 Å². The molecule has 1 unspecified atom stereocenters. The fourth-order valence-electron chi connectivity index (χ4n) is 2.16. The fourth-order valence-corrected chi connectivity index (χ4v) is 3.36. The number of rotatable bonds is 2. The summed E-state index contributed by atoms with van der Waals surface area (Å²) in [5.74, 6) is 0. The van der Waals surface area contributed by atoms with Gasteiger partial charge < -0.3 is 5.11 Å². The van der Waals surface area contributed by atoms with Gasteiger partial charge in [0.25, 0.3) is 0 Å². The lowest BCUT2D eigenvalue weighted by Gasteiger charge is -2.14. The molecule has 2 heterocycles. The Hall–Kier alpha value is -1.30. The molecule has 1 atom stereocenters. The number of fused-ring (bicyclic) bond motifs is 1. The average Bonchev–Trinajstić information content (AvgIpc) is 2.46. The van der Waals surface area contributed by atoms with Gasteiger partial charge in [0, 0.05) is 32.9 Å². The lowest BCUT2D eigenvalue weighted by molar-refractivity contribution is 0.216. The van der Waals surface area contributed by atoms with E-state index in [1.54, 1.807) is 18.6 Å². The highest BCUT2D eigenvalue weighted by molar-refractivity contribution is 9.11. The summed E-state index contributed by atoms with van der Waals surface area (Å²) in [7, 11) is 0. The van der Waals surface area contributed by atoms with Crippen LogP contribution in [0.3, 0.4) is 0 Å². The summed E-state index contributed by atoms with van der Waals surface area (Å²) in [5, 5.41) is 12.6. The van der Waals surface area contributed by atoms with Crippen molar-refractivity contribution in [1.82, 2.24) is 9.97 Å². The standard InChI is InChI=1S/C15H10Br2N2O/c16-10-6-13(17)14(19-8-10)15(20)12-3-1-2-9-7-18-5-4-11(9)12/h1-8,15,20H. The smallest absolute Gasteiger partial charge is 0.123 e. The molecule has 100 valence electrons. The molecule has 5 heteroatoms. The number of aliphatic hydroxyl groups excluding tert-OH is 1. The van der Waals surface area contributed by atoms with E-state index < -0.39 is 6.10 Å². The van der Waals surface area contributed by atoms with Crippen molar-refractivity contribution in [3.63, 3.8) is 0 Å². The number of aromatic nitrogens is 2. The van der Waals surface area contributed by atoms with Crippen LogP contribution in [0.1, 0.15) is 17.4 Å². The highest BCUT2D eigenvalue weighted by Crippen LogP contribution is 2.32. The second-order valence-electron chi connectivity index (χ2n) is 4.37.